The van der Waals surface area contributed by atoms with Gasteiger partial charge in [-0.3, -0.25) is 4.90 Å². The maximum Gasteiger partial charge on any atom is 0.0558 e. The highest BCUT2D eigenvalue weighted by Crippen LogP contribution is 2.34. The van der Waals surface area contributed by atoms with Crippen molar-refractivity contribution in [1.82, 2.24) is 4.90 Å². The summed E-state index contributed by atoms with van der Waals surface area (Å²) >= 11 is 0. The van der Waals surface area contributed by atoms with Crippen LogP contribution in [0.1, 0.15) is 20.3 Å². The Balaban J connectivity index is 2.20. The highest BCUT2D eigenvalue weighted by Gasteiger charge is 2.36. The van der Waals surface area contributed by atoms with Crippen LogP contribution in [0.15, 0.2) is 0 Å². The Kier molecular flexibility index (Phi) is 2.69. The molecule has 0 bridgehead atoms. The molecule has 2 unspecified atom stereocenters. The minimum Gasteiger partial charge on any atom is -0.395 e. The van der Waals surface area contributed by atoms with Crippen LogP contribution < -0.4 is 0 Å². The molecule has 0 aliphatic heterocycles. The molecule has 2 atom stereocenters. The SMILES string of the molecule is CCN(CCO)C1CC1C. The summed E-state index contributed by atoms with van der Waals surface area (Å²) in [6.45, 7) is 6.66. The second-order valence-corrected chi connectivity index (χ2v) is 3.13. The van der Waals surface area contributed by atoms with Crippen LogP contribution in [0.5, 0.6) is 0 Å². The first-order valence-corrected chi connectivity index (χ1v) is 4.14. The number of nitrogens with zero attached hydrogens (tertiary/aromatic N) is 1. The van der Waals surface area contributed by atoms with Crippen molar-refractivity contribution >= 4 is 0 Å². The molecule has 1 saturated carbocycles. The minimum atomic E-state index is 0.303. The summed E-state index contributed by atoms with van der Waals surface area (Å²) in [5, 5.41) is 8.69. The van der Waals surface area contributed by atoms with Crippen LogP contribution in [0.3, 0.4) is 0 Å². The summed E-state index contributed by atoms with van der Waals surface area (Å²) in [5.74, 6) is 0.867. The largest absolute Gasteiger partial charge is 0.395 e. The van der Waals surface area contributed by atoms with Gasteiger partial charge in [-0.2, -0.15) is 0 Å². The van der Waals surface area contributed by atoms with E-state index in [1.807, 2.05) is 0 Å². The predicted octanol–water partition coefficient (Wildman–Crippen LogP) is 0.709. The van der Waals surface area contributed by atoms with Crippen LogP contribution in [-0.2, 0) is 0 Å². The van der Waals surface area contributed by atoms with E-state index in [4.69, 9.17) is 5.11 Å². The summed E-state index contributed by atoms with van der Waals surface area (Å²) < 4.78 is 0. The van der Waals surface area contributed by atoms with Crippen LogP contribution in [0, 0.1) is 5.92 Å². The monoisotopic (exact) mass is 143 g/mol. The lowest BCUT2D eigenvalue weighted by molar-refractivity contribution is 0.191. The lowest BCUT2D eigenvalue weighted by Gasteiger charge is -2.18. The van der Waals surface area contributed by atoms with Gasteiger partial charge in [-0.15, -0.1) is 0 Å². The van der Waals surface area contributed by atoms with E-state index in [0.29, 0.717) is 6.61 Å². The van der Waals surface area contributed by atoms with Crippen LogP contribution in [0.25, 0.3) is 0 Å². The second kappa shape index (κ2) is 3.35. The van der Waals surface area contributed by atoms with Gasteiger partial charge in [0.25, 0.3) is 0 Å². The van der Waals surface area contributed by atoms with Crippen molar-refractivity contribution in [3.05, 3.63) is 0 Å². The van der Waals surface area contributed by atoms with E-state index in [9.17, 15) is 0 Å². The Morgan fingerprint density at radius 2 is 2.20 bits per heavy atom. The molecular weight excluding hydrogens is 126 g/mol. The zero-order valence-electron chi connectivity index (χ0n) is 6.88. The smallest absolute Gasteiger partial charge is 0.0558 e. The lowest BCUT2D eigenvalue weighted by Crippen LogP contribution is -2.29. The Morgan fingerprint density at radius 3 is 2.50 bits per heavy atom. The molecule has 10 heavy (non-hydrogen) atoms. The van der Waals surface area contributed by atoms with Gasteiger partial charge in [-0.1, -0.05) is 13.8 Å². The number of likely N-dealkylation sites (N-methyl/N-ethyl adjacent to an activating group) is 1. The fourth-order valence-electron chi connectivity index (χ4n) is 1.50. The van der Waals surface area contributed by atoms with E-state index in [0.717, 1.165) is 25.0 Å². The zero-order valence-corrected chi connectivity index (χ0v) is 6.88. The number of aliphatic hydroxyl groups excluding tert-OH is 1. The van der Waals surface area contributed by atoms with Gasteiger partial charge < -0.3 is 5.11 Å². The zero-order chi connectivity index (χ0) is 7.56. The third-order valence-electron chi connectivity index (χ3n) is 2.33. The summed E-state index contributed by atoms with van der Waals surface area (Å²) in [7, 11) is 0. The Hall–Kier alpha value is -0.0800. The van der Waals surface area contributed by atoms with Crippen molar-refractivity contribution in [2.45, 2.75) is 26.3 Å². The first-order chi connectivity index (χ1) is 4.79. The lowest BCUT2D eigenvalue weighted by atomic mass is 10.4. The molecular formula is C8H17NO. The standard InChI is InChI=1S/C8H17NO/c1-3-9(4-5-10)8-6-7(8)2/h7-8,10H,3-6H2,1-2H3. The molecule has 2 nitrogen and oxygen atoms in total. The maximum absolute atomic E-state index is 8.69. The molecule has 0 aromatic rings. The first-order valence-electron chi connectivity index (χ1n) is 4.14. The molecule has 0 saturated heterocycles. The average molecular weight is 143 g/mol. The molecule has 1 rings (SSSR count). The van der Waals surface area contributed by atoms with Crippen molar-refractivity contribution in [2.24, 2.45) is 5.92 Å². The van der Waals surface area contributed by atoms with Gasteiger partial charge in [0.1, 0.15) is 0 Å². The molecule has 0 spiro atoms. The molecule has 60 valence electrons. The van der Waals surface area contributed by atoms with Crippen molar-refractivity contribution < 1.29 is 5.11 Å². The highest BCUT2D eigenvalue weighted by atomic mass is 16.3. The van der Waals surface area contributed by atoms with E-state index < -0.39 is 0 Å². The predicted molar refractivity (Wildman–Crippen MR) is 41.9 cm³/mol. The van der Waals surface area contributed by atoms with E-state index in [1.165, 1.54) is 6.42 Å². The fraction of sp³-hybridized carbons (Fsp3) is 1.00. The van der Waals surface area contributed by atoms with E-state index in [-0.39, 0.29) is 0 Å². The van der Waals surface area contributed by atoms with Crippen LogP contribution in [0.2, 0.25) is 0 Å². The van der Waals surface area contributed by atoms with Crippen molar-refractivity contribution in [3.8, 4) is 0 Å². The van der Waals surface area contributed by atoms with Crippen molar-refractivity contribution in [2.75, 3.05) is 19.7 Å². The van der Waals surface area contributed by atoms with Gasteiger partial charge in [-0.05, 0) is 18.9 Å². The number of rotatable bonds is 4. The second-order valence-electron chi connectivity index (χ2n) is 3.13. The average Bonchev–Trinajstić information content (AvgIpc) is 2.62. The van der Waals surface area contributed by atoms with Gasteiger partial charge in [0.15, 0.2) is 0 Å². The molecule has 0 amide bonds. The number of aliphatic hydroxyl groups is 1. The van der Waals surface area contributed by atoms with Gasteiger partial charge in [0.2, 0.25) is 0 Å². The molecule has 1 fully saturated rings. The number of hydrogen-bond donors (Lipinski definition) is 1. The Morgan fingerprint density at radius 1 is 1.60 bits per heavy atom. The normalized spacial score (nSPS) is 31.2. The molecule has 0 heterocycles. The van der Waals surface area contributed by atoms with E-state index in [2.05, 4.69) is 18.7 Å². The third-order valence-corrected chi connectivity index (χ3v) is 2.33. The van der Waals surface area contributed by atoms with Crippen molar-refractivity contribution in [3.63, 3.8) is 0 Å². The fourth-order valence-corrected chi connectivity index (χ4v) is 1.50. The number of hydrogen-bond acceptors (Lipinski definition) is 2. The summed E-state index contributed by atoms with van der Waals surface area (Å²) in [4.78, 5) is 2.35. The Labute approximate surface area is 62.8 Å². The highest BCUT2D eigenvalue weighted by molar-refractivity contribution is 4.91. The summed E-state index contributed by atoms with van der Waals surface area (Å²) in [6.07, 6.45) is 1.33. The first kappa shape index (κ1) is 8.02. The molecule has 0 radical (unpaired) electrons. The van der Waals surface area contributed by atoms with E-state index >= 15 is 0 Å². The maximum atomic E-state index is 8.69. The molecule has 0 aromatic heterocycles. The van der Waals surface area contributed by atoms with Gasteiger partial charge in [-0.25, -0.2) is 0 Å². The van der Waals surface area contributed by atoms with Gasteiger partial charge in [0, 0.05) is 12.6 Å². The summed E-state index contributed by atoms with van der Waals surface area (Å²) in [5.41, 5.74) is 0. The molecule has 1 N–H and O–H groups in total. The van der Waals surface area contributed by atoms with Crippen molar-refractivity contribution in [1.29, 1.82) is 0 Å². The topological polar surface area (TPSA) is 23.5 Å². The molecule has 1 aliphatic carbocycles. The van der Waals surface area contributed by atoms with Crippen LogP contribution in [-0.4, -0.2) is 35.7 Å². The summed E-state index contributed by atoms with van der Waals surface area (Å²) in [6, 6.07) is 0.775. The molecule has 0 aromatic carbocycles. The van der Waals surface area contributed by atoms with E-state index in [1.54, 1.807) is 0 Å². The van der Waals surface area contributed by atoms with Crippen LogP contribution in [0.4, 0.5) is 0 Å². The van der Waals surface area contributed by atoms with Crippen LogP contribution >= 0.6 is 0 Å². The molecule has 2 heteroatoms. The quantitative estimate of drug-likeness (QED) is 0.626. The Bertz CT molecular complexity index is 105. The van der Waals surface area contributed by atoms with Gasteiger partial charge in [0.05, 0.1) is 6.61 Å². The minimum absolute atomic E-state index is 0.303. The third kappa shape index (κ3) is 1.70. The molecule has 1 aliphatic rings. The van der Waals surface area contributed by atoms with Gasteiger partial charge >= 0.3 is 0 Å².